The number of fused-ring (bicyclic) bond motifs is 6. The van der Waals surface area contributed by atoms with E-state index in [0.717, 1.165) is 17.8 Å². The Balaban J connectivity index is 1.04. The molecule has 0 N–H and O–H groups in total. The van der Waals surface area contributed by atoms with Crippen LogP contribution >= 0.6 is 23.5 Å². The molecule has 0 fully saturated rings. The first kappa shape index (κ1) is 43.0. The predicted molar refractivity (Wildman–Crippen MR) is 257 cm³/mol. The van der Waals surface area contributed by atoms with E-state index in [4.69, 9.17) is 39.3 Å². The molecule has 2 aliphatic heterocycles. The van der Waals surface area contributed by atoms with Crippen LogP contribution in [0.4, 0.5) is 0 Å². The molecule has 2 aliphatic rings. The van der Waals surface area contributed by atoms with Gasteiger partial charge in [0.1, 0.15) is 36.2 Å². The summed E-state index contributed by atoms with van der Waals surface area (Å²) in [4.78, 5) is 0. The third kappa shape index (κ3) is 9.85. The number of thioether (sulfide) groups is 2. The fraction of sp³-hybridized carbons (Fsp3) is 0.143. The zero-order valence-electron chi connectivity index (χ0n) is 36.4. The molecule has 67 heavy (non-hydrogen) atoms. The van der Waals surface area contributed by atoms with Gasteiger partial charge in [-0.3, -0.25) is 0 Å². The molecule has 2 bridgehead atoms. The Morgan fingerprint density at radius 3 is 1.28 bits per heavy atom. The lowest BCUT2D eigenvalue weighted by Crippen LogP contribution is -2.06. The molecule has 0 amide bonds. The van der Waals surface area contributed by atoms with Crippen LogP contribution in [0.3, 0.4) is 0 Å². The maximum absolute atomic E-state index is 6.72. The second kappa shape index (κ2) is 20.1. The highest BCUT2D eigenvalue weighted by molar-refractivity contribution is 8.00. The molecule has 18 heteroatoms. The number of aromatic nitrogens is 10. The van der Waals surface area contributed by atoms with Crippen molar-refractivity contribution < 1.29 is 18.9 Å². The lowest BCUT2D eigenvalue weighted by atomic mass is 10.2. The minimum atomic E-state index is 0.143. The van der Waals surface area contributed by atoms with E-state index in [2.05, 4.69) is 20.4 Å². The van der Waals surface area contributed by atoms with Gasteiger partial charge in [-0.05, 0) is 93.1 Å². The summed E-state index contributed by atoms with van der Waals surface area (Å²) >= 11 is 3.09. The fourth-order valence-corrected chi connectivity index (χ4v) is 8.82. The van der Waals surface area contributed by atoms with Gasteiger partial charge in [0.15, 0.2) is 11.6 Å². The topological polar surface area (TPSA) is 159 Å². The largest absolute Gasteiger partial charge is 0.486 e. The van der Waals surface area contributed by atoms with E-state index in [-0.39, 0.29) is 13.2 Å². The van der Waals surface area contributed by atoms with Crippen LogP contribution in [0.2, 0.25) is 0 Å². The van der Waals surface area contributed by atoms with Crippen molar-refractivity contribution in [2.75, 3.05) is 11.5 Å². The maximum atomic E-state index is 6.72. The number of ether oxygens (including phenoxy) is 4. The molecule has 0 radical (unpaired) electrons. The lowest BCUT2D eigenvalue weighted by molar-refractivity contribution is 0.290. The third-order valence-corrected chi connectivity index (χ3v) is 12.3. The molecule has 5 aromatic carbocycles. The molecule has 0 saturated carbocycles. The van der Waals surface area contributed by atoms with Crippen LogP contribution in [0, 0.1) is 13.8 Å². The average molecular weight is 927 g/mol. The van der Waals surface area contributed by atoms with E-state index in [1.165, 1.54) is 0 Å². The summed E-state index contributed by atoms with van der Waals surface area (Å²) in [5.74, 6) is 5.91. The van der Waals surface area contributed by atoms with E-state index in [1.807, 2.05) is 159 Å². The molecular weight excluding hydrogens is 885 g/mol. The number of nitrogens with zero attached hydrogens (tertiary/aromatic N) is 12. The smallest absolute Gasteiger partial charge is 0.231 e. The first-order chi connectivity index (χ1) is 33.0. The third-order valence-electron chi connectivity index (χ3n) is 10.3. The van der Waals surface area contributed by atoms with Gasteiger partial charge in [-0.1, -0.05) is 96.3 Å². The van der Waals surface area contributed by atoms with Gasteiger partial charge in [0, 0.05) is 11.5 Å². The minimum absolute atomic E-state index is 0.143. The van der Waals surface area contributed by atoms with Gasteiger partial charge in [-0.2, -0.15) is 39.1 Å². The highest BCUT2D eigenvalue weighted by Crippen LogP contribution is 2.34. The van der Waals surface area contributed by atoms with Gasteiger partial charge in [0.2, 0.25) is 22.1 Å². The second-order valence-corrected chi connectivity index (χ2v) is 17.1. The number of benzene rings is 5. The van der Waals surface area contributed by atoms with E-state index in [9.17, 15) is 0 Å². The van der Waals surface area contributed by atoms with Gasteiger partial charge < -0.3 is 18.9 Å². The Hall–Kier alpha value is -7.96. The Morgan fingerprint density at radius 1 is 0.493 bits per heavy atom. The second-order valence-electron chi connectivity index (χ2n) is 14.9. The zero-order chi connectivity index (χ0) is 45.4. The number of hydrogen-bond donors (Lipinski definition) is 0. The molecule has 0 spiro atoms. The SMILES string of the molecule is Cc1nn(-c2ccccc2)c2c1/C=N/n1c(COc3ccccc3)nnc1SCCCSc1nnc(COc3ccccc3)n1/N=C/c1c(C)nn(-c3ccccc3)c1Oc1ccc(cc1)O2. The first-order valence-corrected chi connectivity index (χ1v) is 23.4. The Labute approximate surface area is 393 Å². The number of para-hydroxylation sites is 4. The maximum Gasteiger partial charge on any atom is 0.231 e. The van der Waals surface area contributed by atoms with Crippen LogP contribution < -0.4 is 18.9 Å². The van der Waals surface area contributed by atoms with Gasteiger partial charge in [-0.25, -0.2) is 0 Å². The van der Waals surface area contributed by atoms with Crippen LogP contribution in [-0.4, -0.2) is 73.2 Å². The Bertz CT molecular complexity index is 2930. The van der Waals surface area contributed by atoms with Crippen molar-refractivity contribution in [3.63, 3.8) is 0 Å². The number of rotatable bonds is 8. The van der Waals surface area contributed by atoms with Crippen molar-refractivity contribution in [1.29, 1.82) is 0 Å². The van der Waals surface area contributed by atoms with Crippen molar-refractivity contribution in [2.24, 2.45) is 10.2 Å². The van der Waals surface area contributed by atoms with Gasteiger partial charge in [0.25, 0.3) is 0 Å². The van der Waals surface area contributed by atoms with Crippen molar-refractivity contribution in [3.8, 4) is 46.1 Å². The summed E-state index contributed by atoms with van der Waals surface area (Å²) in [5, 5.41) is 39.2. The van der Waals surface area contributed by atoms with E-state index >= 15 is 0 Å². The average Bonchev–Trinajstić information content (AvgIpc) is 4.12. The van der Waals surface area contributed by atoms with Gasteiger partial charge >= 0.3 is 0 Å². The first-order valence-electron chi connectivity index (χ1n) is 21.4. The molecular formula is C49H42N12O4S2. The molecule has 11 rings (SSSR count). The standard InChI is InChI=1S/C49H42N12O4S2/c1-34-42-30-50-60-44(32-62-38-20-11-5-12-21-38)52-54-48(60)66-28-15-29-67-49-55-53-45(33-63-39-22-13-6-14-23-39)61(49)51-31-43-35(2)57-59(37-18-9-4-10-19-37)47(43)65-41-26-24-40(25-27-41)64-46(42)58(56-34)36-16-7-3-8-17-36/h3-14,16-27,30-31H,15,28-29,32-33H2,1-2H3/b50-30+,51-31+. The molecule has 0 saturated heterocycles. The van der Waals surface area contributed by atoms with Crippen LogP contribution in [0.1, 0.15) is 40.6 Å². The highest BCUT2D eigenvalue weighted by Gasteiger charge is 2.22. The van der Waals surface area contributed by atoms with Crippen molar-refractivity contribution in [2.45, 2.75) is 43.8 Å². The summed E-state index contributed by atoms with van der Waals surface area (Å²) in [6.45, 7) is 4.14. The van der Waals surface area contributed by atoms with Crippen molar-refractivity contribution in [1.82, 2.24) is 49.3 Å². The summed E-state index contributed by atoms with van der Waals surface area (Å²) < 4.78 is 32.7. The normalized spacial score (nSPS) is 13.8. The number of aryl methyl sites for hydroxylation is 2. The van der Waals surface area contributed by atoms with E-state index < -0.39 is 0 Å². The van der Waals surface area contributed by atoms with Crippen LogP contribution in [0.5, 0.6) is 34.8 Å². The number of hydrogen-bond acceptors (Lipinski definition) is 14. The molecule has 6 heterocycles. The van der Waals surface area contributed by atoms with Gasteiger partial charge in [-0.15, -0.1) is 20.4 Å². The van der Waals surface area contributed by atoms with E-state index in [1.54, 1.807) is 54.7 Å². The Morgan fingerprint density at radius 2 is 0.881 bits per heavy atom. The van der Waals surface area contributed by atoms with Crippen LogP contribution in [0.15, 0.2) is 166 Å². The fourth-order valence-electron chi connectivity index (χ4n) is 6.95. The summed E-state index contributed by atoms with van der Waals surface area (Å²) in [6.07, 6.45) is 4.26. The quantitative estimate of drug-likeness (QED) is 0.142. The molecule has 0 unspecified atom stereocenters. The monoisotopic (exact) mass is 926 g/mol. The summed E-state index contributed by atoms with van der Waals surface area (Å²) in [7, 11) is 0. The Kier molecular flexibility index (Phi) is 12.9. The molecule has 334 valence electrons. The van der Waals surface area contributed by atoms with Gasteiger partial charge in [0.05, 0.1) is 46.3 Å². The van der Waals surface area contributed by atoms with Crippen LogP contribution in [0.25, 0.3) is 11.4 Å². The molecule has 0 aliphatic carbocycles. The molecule has 16 nitrogen and oxygen atoms in total. The molecule has 0 atom stereocenters. The van der Waals surface area contributed by atoms with Crippen molar-refractivity contribution in [3.05, 3.63) is 180 Å². The highest BCUT2D eigenvalue weighted by atomic mass is 32.2. The minimum Gasteiger partial charge on any atom is -0.486 e. The summed E-state index contributed by atoms with van der Waals surface area (Å²) in [6, 6.07) is 46.2. The van der Waals surface area contributed by atoms with Crippen LogP contribution in [-0.2, 0) is 13.2 Å². The lowest BCUT2D eigenvalue weighted by Gasteiger charge is -2.12. The molecule has 9 aromatic rings. The van der Waals surface area contributed by atoms with Crippen molar-refractivity contribution >= 4 is 36.0 Å². The summed E-state index contributed by atoms with van der Waals surface area (Å²) in [5.41, 5.74) is 4.39. The predicted octanol–water partition coefficient (Wildman–Crippen LogP) is 9.95. The van der Waals surface area contributed by atoms with E-state index in [0.29, 0.717) is 90.7 Å². The molecule has 4 aromatic heterocycles. The zero-order valence-corrected chi connectivity index (χ0v) is 38.0.